The van der Waals surface area contributed by atoms with Crippen molar-refractivity contribution in [3.8, 4) is 11.3 Å². The van der Waals surface area contributed by atoms with Crippen LogP contribution < -0.4 is 5.32 Å². The summed E-state index contributed by atoms with van der Waals surface area (Å²) in [6.45, 7) is 2.42. The third kappa shape index (κ3) is 4.56. The van der Waals surface area contributed by atoms with Gasteiger partial charge < -0.3 is 14.6 Å². The summed E-state index contributed by atoms with van der Waals surface area (Å²) in [7, 11) is 0. The quantitative estimate of drug-likeness (QED) is 0.510. The van der Waals surface area contributed by atoms with Gasteiger partial charge in [-0.2, -0.15) is 0 Å². The number of aryl methyl sites for hydroxylation is 2. The molecule has 0 spiro atoms. The number of carbonyl (C=O) groups excluding carboxylic acids is 2. The number of rotatable bonds is 5. The molecule has 3 rings (SSSR count). The number of anilines is 1. The van der Waals surface area contributed by atoms with Crippen LogP contribution in [0, 0.1) is 19.7 Å². The molecule has 30 heavy (non-hydrogen) atoms. The number of halogens is 4. The zero-order valence-corrected chi connectivity index (χ0v) is 17.8. The van der Waals surface area contributed by atoms with Crippen LogP contribution in [0.3, 0.4) is 0 Å². The van der Waals surface area contributed by atoms with E-state index in [-0.39, 0.29) is 38.4 Å². The van der Waals surface area contributed by atoms with Crippen molar-refractivity contribution in [1.82, 2.24) is 10.1 Å². The number of nitrogens with one attached hydrogen (secondary N) is 1. The van der Waals surface area contributed by atoms with Crippen molar-refractivity contribution in [2.45, 2.75) is 13.8 Å². The highest BCUT2D eigenvalue weighted by molar-refractivity contribution is 6.36. The zero-order valence-electron chi connectivity index (χ0n) is 15.6. The first-order valence-electron chi connectivity index (χ1n) is 8.39. The Bertz CT molecular complexity index is 1130. The summed E-state index contributed by atoms with van der Waals surface area (Å²) < 4.78 is 24.3. The van der Waals surface area contributed by atoms with E-state index in [1.807, 2.05) is 0 Å². The summed E-state index contributed by atoms with van der Waals surface area (Å²) in [5.74, 6) is -2.18. The predicted molar refractivity (Wildman–Crippen MR) is 110 cm³/mol. The standard InChI is InChI=1S/C19H13Cl3FN3O4/c1-8-11(21)6-12(22)18(24-8)25-14(27)7-29-19(28)15-9(2)30-26-17(15)16-10(20)4-3-5-13(16)23/h3-6H,7H2,1-2H3,(H,24,25,27). The molecule has 0 aliphatic carbocycles. The van der Waals surface area contributed by atoms with Crippen LogP contribution >= 0.6 is 34.8 Å². The molecule has 0 saturated heterocycles. The highest BCUT2D eigenvalue weighted by Crippen LogP contribution is 2.33. The minimum Gasteiger partial charge on any atom is -0.452 e. The number of aromatic nitrogens is 2. The molecule has 0 aliphatic heterocycles. The molecule has 0 unspecified atom stereocenters. The summed E-state index contributed by atoms with van der Waals surface area (Å²) >= 11 is 17.9. The van der Waals surface area contributed by atoms with Gasteiger partial charge in [0.1, 0.15) is 22.8 Å². The molecular formula is C19H13Cl3FN3O4. The second-order valence-corrected chi connectivity index (χ2v) is 7.29. The SMILES string of the molecule is Cc1nc(NC(=O)COC(=O)c2c(-c3c(F)cccc3Cl)noc2C)c(Cl)cc1Cl. The number of ether oxygens (including phenoxy) is 1. The van der Waals surface area contributed by atoms with Gasteiger partial charge in [-0.1, -0.05) is 46.0 Å². The van der Waals surface area contributed by atoms with Crippen LogP contribution in [-0.4, -0.2) is 28.6 Å². The molecule has 1 amide bonds. The van der Waals surface area contributed by atoms with Crippen LogP contribution in [-0.2, 0) is 9.53 Å². The maximum absolute atomic E-state index is 14.2. The van der Waals surface area contributed by atoms with E-state index < -0.39 is 24.3 Å². The minimum atomic E-state index is -0.940. The summed E-state index contributed by atoms with van der Waals surface area (Å²) in [5, 5.41) is 6.63. The second-order valence-electron chi connectivity index (χ2n) is 6.07. The molecule has 0 aliphatic rings. The summed E-state index contributed by atoms with van der Waals surface area (Å²) in [6, 6.07) is 5.45. The third-order valence-corrected chi connectivity index (χ3v) is 4.95. The lowest BCUT2D eigenvalue weighted by atomic mass is 10.1. The first-order chi connectivity index (χ1) is 14.2. The number of nitrogens with zero attached hydrogens (tertiary/aromatic N) is 2. The highest BCUT2D eigenvalue weighted by Gasteiger charge is 2.27. The Morgan fingerprint density at radius 3 is 2.60 bits per heavy atom. The summed E-state index contributed by atoms with van der Waals surface area (Å²) in [5.41, 5.74) is 0.0762. The number of amides is 1. The maximum Gasteiger partial charge on any atom is 0.344 e. The predicted octanol–water partition coefficient (Wildman–Crippen LogP) is 5.25. The molecule has 7 nitrogen and oxygen atoms in total. The zero-order chi connectivity index (χ0) is 22.0. The summed E-state index contributed by atoms with van der Waals surface area (Å²) in [6.07, 6.45) is 0. The number of benzene rings is 1. The summed E-state index contributed by atoms with van der Waals surface area (Å²) in [4.78, 5) is 28.7. The van der Waals surface area contributed by atoms with E-state index in [1.165, 1.54) is 31.2 Å². The van der Waals surface area contributed by atoms with Gasteiger partial charge >= 0.3 is 5.97 Å². The van der Waals surface area contributed by atoms with Gasteiger partial charge in [-0.25, -0.2) is 14.2 Å². The van der Waals surface area contributed by atoms with Gasteiger partial charge in [-0.15, -0.1) is 0 Å². The van der Waals surface area contributed by atoms with Gasteiger partial charge in [0.2, 0.25) is 0 Å². The van der Waals surface area contributed by atoms with E-state index >= 15 is 0 Å². The molecule has 1 N–H and O–H groups in total. The van der Waals surface area contributed by atoms with E-state index in [0.29, 0.717) is 10.7 Å². The number of hydrogen-bond acceptors (Lipinski definition) is 6. The molecule has 0 atom stereocenters. The molecule has 0 saturated carbocycles. The van der Waals surface area contributed by atoms with Crippen LogP contribution in [0.25, 0.3) is 11.3 Å². The average Bonchev–Trinajstić information content (AvgIpc) is 3.05. The molecule has 1 aromatic carbocycles. The fraction of sp³-hybridized carbons (Fsp3) is 0.158. The minimum absolute atomic E-state index is 0.0360. The van der Waals surface area contributed by atoms with Crippen LogP contribution in [0.5, 0.6) is 0 Å². The Labute approximate surface area is 185 Å². The number of pyridine rings is 1. The van der Waals surface area contributed by atoms with Gasteiger partial charge in [0, 0.05) is 0 Å². The molecule has 11 heteroatoms. The van der Waals surface area contributed by atoms with Gasteiger partial charge in [-0.3, -0.25) is 4.79 Å². The van der Waals surface area contributed by atoms with Crippen molar-refractivity contribution in [1.29, 1.82) is 0 Å². The molecule has 2 heterocycles. The van der Waals surface area contributed by atoms with Crippen molar-refractivity contribution in [3.05, 3.63) is 62.2 Å². The van der Waals surface area contributed by atoms with Crippen LogP contribution in [0.4, 0.5) is 10.2 Å². The number of hydrogen-bond donors (Lipinski definition) is 1. The topological polar surface area (TPSA) is 94.3 Å². The van der Waals surface area contributed by atoms with Gasteiger partial charge in [0.15, 0.2) is 12.4 Å². The third-order valence-electron chi connectivity index (χ3n) is 3.96. The lowest BCUT2D eigenvalue weighted by molar-refractivity contribution is -0.119. The second kappa shape index (κ2) is 8.99. The Morgan fingerprint density at radius 1 is 1.17 bits per heavy atom. The first kappa shape index (κ1) is 22.0. The van der Waals surface area contributed by atoms with Crippen molar-refractivity contribution in [3.63, 3.8) is 0 Å². The lowest BCUT2D eigenvalue weighted by Gasteiger charge is -2.09. The number of esters is 1. The van der Waals surface area contributed by atoms with Crippen molar-refractivity contribution >= 4 is 52.5 Å². The highest BCUT2D eigenvalue weighted by atomic mass is 35.5. The van der Waals surface area contributed by atoms with E-state index in [1.54, 1.807) is 6.92 Å². The fourth-order valence-electron chi connectivity index (χ4n) is 2.52. The largest absolute Gasteiger partial charge is 0.452 e. The normalized spacial score (nSPS) is 10.7. The average molecular weight is 473 g/mol. The smallest absolute Gasteiger partial charge is 0.344 e. The van der Waals surface area contributed by atoms with Crippen LogP contribution in [0.15, 0.2) is 28.8 Å². The number of carbonyl (C=O) groups is 2. The van der Waals surface area contributed by atoms with E-state index in [9.17, 15) is 14.0 Å². The van der Waals surface area contributed by atoms with Crippen LogP contribution in [0.2, 0.25) is 15.1 Å². The fourth-order valence-corrected chi connectivity index (χ4v) is 3.18. The molecule has 0 bridgehead atoms. The molecular weight excluding hydrogens is 460 g/mol. The Kier molecular flexibility index (Phi) is 6.60. The van der Waals surface area contributed by atoms with E-state index in [4.69, 9.17) is 44.1 Å². The maximum atomic E-state index is 14.2. The van der Waals surface area contributed by atoms with E-state index in [0.717, 1.165) is 0 Å². The Balaban J connectivity index is 1.76. The Hall–Kier alpha value is -2.68. The molecule has 0 fully saturated rings. The van der Waals surface area contributed by atoms with Crippen molar-refractivity contribution in [2.24, 2.45) is 0 Å². The molecule has 2 aromatic heterocycles. The molecule has 156 valence electrons. The van der Waals surface area contributed by atoms with E-state index in [2.05, 4.69) is 15.5 Å². The van der Waals surface area contributed by atoms with Gasteiger partial charge in [0.25, 0.3) is 5.91 Å². The van der Waals surface area contributed by atoms with Crippen LogP contribution in [0.1, 0.15) is 21.8 Å². The van der Waals surface area contributed by atoms with Gasteiger partial charge in [-0.05, 0) is 32.0 Å². The monoisotopic (exact) mass is 471 g/mol. The molecule has 3 aromatic rings. The van der Waals surface area contributed by atoms with Crippen molar-refractivity contribution < 1.29 is 23.2 Å². The van der Waals surface area contributed by atoms with Crippen molar-refractivity contribution in [2.75, 3.05) is 11.9 Å². The van der Waals surface area contributed by atoms with Gasteiger partial charge in [0.05, 0.1) is 26.3 Å². The molecule has 0 radical (unpaired) electrons. The Morgan fingerprint density at radius 2 is 1.90 bits per heavy atom. The first-order valence-corrected chi connectivity index (χ1v) is 9.52. The lowest BCUT2D eigenvalue weighted by Crippen LogP contribution is -2.22.